The minimum absolute atomic E-state index is 0.285. The van der Waals surface area contributed by atoms with Crippen LogP contribution in [0.4, 0.5) is 10.1 Å². The molecule has 0 heterocycles. The minimum atomic E-state index is -4.04. The molecule has 0 atom stereocenters. The Labute approximate surface area is 115 Å². The number of carbonyl (C=O) groups is 1. The molecule has 0 aliphatic carbocycles. The van der Waals surface area contributed by atoms with E-state index in [0.717, 1.165) is 13.2 Å². The van der Waals surface area contributed by atoms with Crippen molar-refractivity contribution >= 4 is 21.7 Å². The first-order valence-corrected chi connectivity index (χ1v) is 7.00. The van der Waals surface area contributed by atoms with E-state index >= 15 is 0 Å². The van der Waals surface area contributed by atoms with Crippen LogP contribution in [0.25, 0.3) is 0 Å². The van der Waals surface area contributed by atoms with E-state index in [1.54, 1.807) is 0 Å². The lowest BCUT2D eigenvalue weighted by Crippen LogP contribution is -2.24. The summed E-state index contributed by atoms with van der Waals surface area (Å²) < 4.78 is 42.9. The predicted octanol–water partition coefficient (Wildman–Crippen LogP) is 0.0842. The van der Waals surface area contributed by atoms with Gasteiger partial charge in [-0.25, -0.2) is 12.8 Å². The summed E-state index contributed by atoms with van der Waals surface area (Å²) in [5.74, 6) is 2.10. The number of hydrogen-bond donors (Lipinski definition) is 2. The third-order valence-corrected chi connectivity index (χ3v) is 3.23. The topological polar surface area (TPSA) is 92.7 Å². The van der Waals surface area contributed by atoms with Gasteiger partial charge in [-0.3, -0.25) is 9.52 Å². The number of aliphatic hydroxyl groups excluding tert-OH is 1. The first-order chi connectivity index (χ1) is 9.38. The van der Waals surface area contributed by atoms with Gasteiger partial charge in [0.05, 0.1) is 12.8 Å². The van der Waals surface area contributed by atoms with Crippen molar-refractivity contribution in [3.05, 3.63) is 29.6 Å². The SMILES string of the molecule is COC(=O)CS(=O)(=O)Nc1ccc(C#CCO)cc1F. The number of rotatable bonds is 4. The highest BCUT2D eigenvalue weighted by atomic mass is 32.2. The van der Waals surface area contributed by atoms with E-state index in [9.17, 15) is 17.6 Å². The van der Waals surface area contributed by atoms with E-state index in [1.165, 1.54) is 12.1 Å². The van der Waals surface area contributed by atoms with Crippen LogP contribution in [-0.2, 0) is 19.6 Å². The molecule has 0 saturated heterocycles. The lowest BCUT2D eigenvalue weighted by Gasteiger charge is -2.08. The van der Waals surface area contributed by atoms with E-state index in [0.29, 0.717) is 0 Å². The van der Waals surface area contributed by atoms with Crippen LogP contribution < -0.4 is 4.72 Å². The molecule has 2 N–H and O–H groups in total. The fraction of sp³-hybridized carbons (Fsp3) is 0.250. The van der Waals surface area contributed by atoms with Crippen LogP contribution in [0.5, 0.6) is 0 Å². The standard InChI is InChI=1S/C12H12FNO5S/c1-19-12(16)8-20(17,18)14-11-5-4-9(3-2-6-15)7-10(11)13/h4-5,7,14-15H,6,8H2,1H3. The number of carbonyl (C=O) groups excluding carboxylic acids is 1. The Morgan fingerprint density at radius 1 is 1.50 bits per heavy atom. The van der Waals surface area contributed by atoms with Crippen LogP contribution in [0.15, 0.2) is 18.2 Å². The number of ether oxygens (including phenoxy) is 1. The third-order valence-electron chi connectivity index (χ3n) is 2.08. The molecule has 20 heavy (non-hydrogen) atoms. The van der Waals surface area contributed by atoms with E-state index in [2.05, 4.69) is 16.6 Å². The van der Waals surface area contributed by atoms with Crippen LogP contribution in [0, 0.1) is 17.7 Å². The van der Waals surface area contributed by atoms with Crippen LogP contribution >= 0.6 is 0 Å². The summed E-state index contributed by atoms with van der Waals surface area (Å²) in [6, 6.07) is 3.56. The third kappa shape index (κ3) is 4.87. The largest absolute Gasteiger partial charge is 0.468 e. The maximum absolute atomic E-state index is 13.7. The zero-order chi connectivity index (χ0) is 15.2. The maximum atomic E-state index is 13.7. The molecule has 0 radical (unpaired) electrons. The van der Waals surface area contributed by atoms with Crippen molar-refractivity contribution < 1.29 is 27.4 Å². The maximum Gasteiger partial charge on any atom is 0.322 e. The zero-order valence-electron chi connectivity index (χ0n) is 10.5. The highest BCUT2D eigenvalue weighted by Crippen LogP contribution is 2.17. The molecule has 0 fully saturated rings. The quantitative estimate of drug-likeness (QED) is 0.607. The normalized spacial score (nSPS) is 10.3. The second-order valence-corrected chi connectivity index (χ2v) is 5.31. The number of esters is 1. The molecule has 0 aromatic heterocycles. The molecule has 1 aromatic carbocycles. The predicted molar refractivity (Wildman–Crippen MR) is 69.8 cm³/mol. The van der Waals surface area contributed by atoms with Gasteiger partial charge in [0.25, 0.3) is 0 Å². The van der Waals surface area contributed by atoms with E-state index < -0.39 is 27.6 Å². The molecule has 108 valence electrons. The van der Waals surface area contributed by atoms with Gasteiger partial charge in [-0.2, -0.15) is 0 Å². The molecule has 0 aliphatic heterocycles. The first kappa shape index (κ1) is 15.9. The average Bonchev–Trinajstić information content (AvgIpc) is 2.38. The summed E-state index contributed by atoms with van der Waals surface area (Å²) in [7, 11) is -2.99. The number of sulfonamides is 1. The Morgan fingerprint density at radius 2 is 2.20 bits per heavy atom. The molecule has 0 saturated carbocycles. The Balaban J connectivity index is 2.91. The summed E-state index contributed by atoms with van der Waals surface area (Å²) in [6.07, 6.45) is 0. The molecular weight excluding hydrogens is 289 g/mol. The van der Waals surface area contributed by atoms with Crippen LogP contribution in [0.1, 0.15) is 5.56 Å². The Kier molecular flexibility index (Phi) is 5.49. The lowest BCUT2D eigenvalue weighted by atomic mass is 10.2. The zero-order valence-corrected chi connectivity index (χ0v) is 11.3. The van der Waals surface area contributed by atoms with Gasteiger partial charge in [-0.1, -0.05) is 11.8 Å². The van der Waals surface area contributed by atoms with E-state index in [4.69, 9.17) is 5.11 Å². The van der Waals surface area contributed by atoms with Gasteiger partial charge in [-0.05, 0) is 18.2 Å². The average molecular weight is 301 g/mol. The van der Waals surface area contributed by atoms with Gasteiger partial charge >= 0.3 is 5.97 Å². The summed E-state index contributed by atoms with van der Waals surface area (Å²) in [6.45, 7) is -0.366. The Hall–Kier alpha value is -2.11. The molecule has 1 rings (SSSR count). The van der Waals surface area contributed by atoms with Crippen LogP contribution in [-0.4, -0.2) is 39.0 Å². The van der Waals surface area contributed by atoms with E-state index in [-0.39, 0.29) is 17.9 Å². The highest BCUT2D eigenvalue weighted by molar-refractivity contribution is 7.93. The van der Waals surface area contributed by atoms with Gasteiger partial charge in [0.1, 0.15) is 12.4 Å². The molecule has 0 aliphatic rings. The minimum Gasteiger partial charge on any atom is -0.468 e. The number of benzene rings is 1. The number of aliphatic hydroxyl groups is 1. The number of methoxy groups -OCH3 is 1. The number of hydrogen-bond acceptors (Lipinski definition) is 5. The van der Waals surface area contributed by atoms with Gasteiger partial charge in [-0.15, -0.1) is 0 Å². The summed E-state index contributed by atoms with van der Waals surface area (Å²) in [5.41, 5.74) is -0.0177. The van der Waals surface area contributed by atoms with Crippen LogP contribution in [0.3, 0.4) is 0 Å². The van der Waals surface area contributed by atoms with Gasteiger partial charge in [0, 0.05) is 5.56 Å². The van der Waals surface area contributed by atoms with E-state index in [1.807, 2.05) is 4.72 Å². The summed E-state index contributed by atoms with van der Waals surface area (Å²) >= 11 is 0. The Morgan fingerprint density at radius 3 is 2.75 bits per heavy atom. The molecule has 0 unspecified atom stereocenters. The highest BCUT2D eigenvalue weighted by Gasteiger charge is 2.18. The monoisotopic (exact) mass is 301 g/mol. The van der Waals surface area contributed by atoms with Crippen molar-refractivity contribution in [2.75, 3.05) is 24.2 Å². The molecule has 0 bridgehead atoms. The number of halogens is 1. The molecule has 0 amide bonds. The fourth-order valence-corrected chi connectivity index (χ4v) is 2.24. The van der Waals surface area contributed by atoms with Gasteiger partial charge < -0.3 is 9.84 Å². The number of anilines is 1. The van der Waals surface area contributed by atoms with Crippen molar-refractivity contribution in [3.63, 3.8) is 0 Å². The molecule has 6 nitrogen and oxygen atoms in total. The van der Waals surface area contributed by atoms with Crippen molar-refractivity contribution in [2.45, 2.75) is 0 Å². The molecular formula is C12H12FNO5S. The summed E-state index contributed by atoms with van der Waals surface area (Å²) in [4.78, 5) is 10.9. The number of nitrogens with one attached hydrogen (secondary N) is 1. The van der Waals surface area contributed by atoms with Crippen molar-refractivity contribution in [2.24, 2.45) is 0 Å². The first-order valence-electron chi connectivity index (χ1n) is 5.34. The smallest absolute Gasteiger partial charge is 0.322 e. The lowest BCUT2D eigenvalue weighted by molar-refractivity contribution is -0.137. The Bertz CT molecular complexity index is 660. The fourth-order valence-electron chi connectivity index (χ4n) is 1.23. The van der Waals surface area contributed by atoms with Crippen molar-refractivity contribution in [1.82, 2.24) is 0 Å². The summed E-state index contributed by atoms with van der Waals surface area (Å²) in [5, 5.41) is 8.51. The van der Waals surface area contributed by atoms with Crippen molar-refractivity contribution in [1.29, 1.82) is 0 Å². The van der Waals surface area contributed by atoms with Gasteiger partial charge in [0.2, 0.25) is 10.0 Å². The molecule has 1 aromatic rings. The molecule has 0 spiro atoms. The second kappa shape index (κ2) is 6.88. The van der Waals surface area contributed by atoms with Crippen molar-refractivity contribution in [3.8, 4) is 11.8 Å². The molecule has 8 heteroatoms. The van der Waals surface area contributed by atoms with Gasteiger partial charge in [0.15, 0.2) is 5.75 Å². The van der Waals surface area contributed by atoms with Crippen LogP contribution in [0.2, 0.25) is 0 Å². The second-order valence-electron chi connectivity index (χ2n) is 3.59.